The maximum atomic E-state index is 11.2. The number of aliphatic hydroxyl groups excluding tert-OH is 1. The van der Waals surface area contributed by atoms with Crippen molar-refractivity contribution >= 4 is 5.97 Å². The molecular formula is C19H22O3. The number of hydrogen-bond donors (Lipinski definition) is 1. The van der Waals surface area contributed by atoms with Gasteiger partial charge in [-0.2, -0.15) is 0 Å². The number of ether oxygens (including phenoxy) is 1. The Morgan fingerprint density at radius 1 is 1.09 bits per heavy atom. The quantitative estimate of drug-likeness (QED) is 0.258. The number of hydrogen-bond acceptors (Lipinski definition) is 3. The third kappa shape index (κ3) is 15.6. The van der Waals surface area contributed by atoms with Gasteiger partial charge in [0.25, 0.3) is 0 Å². The van der Waals surface area contributed by atoms with Gasteiger partial charge in [-0.15, -0.1) is 0 Å². The van der Waals surface area contributed by atoms with Gasteiger partial charge in [-0.1, -0.05) is 41.7 Å². The van der Waals surface area contributed by atoms with Crippen molar-refractivity contribution in [1.82, 2.24) is 0 Å². The maximum absolute atomic E-state index is 11.2. The lowest BCUT2D eigenvalue weighted by Crippen LogP contribution is -2.02. The normalized spacial score (nSPS) is 10.1. The molecule has 0 saturated heterocycles. The highest BCUT2D eigenvalue weighted by molar-refractivity contribution is 5.82. The fourth-order valence-corrected chi connectivity index (χ4v) is 1.20. The highest BCUT2D eigenvalue weighted by Crippen LogP contribution is 1.95. The first-order valence-corrected chi connectivity index (χ1v) is 7.07. The number of unbranched alkanes of at least 4 members (excludes halogenated alkanes) is 1. The molecule has 0 heterocycles. The average molecular weight is 298 g/mol. The van der Waals surface area contributed by atoms with E-state index in [2.05, 4.69) is 23.7 Å². The second-order valence-corrected chi connectivity index (χ2v) is 4.44. The first-order chi connectivity index (χ1) is 10.7. The van der Waals surface area contributed by atoms with Crippen molar-refractivity contribution in [2.45, 2.75) is 26.7 Å². The summed E-state index contributed by atoms with van der Waals surface area (Å²) in [4.78, 5) is 11.2. The van der Waals surface area contributed by atoms with Crippen LogP contribution in [0, 0.1) is 23.7 Å². The lowest BCUT2D eigenvalue weighted by atomic mass is 10.3. The van der Waals surface area contributed by atoms with Gasteiger partial charge >= 0.3 is 5.97 Å². The molecule has 0 atom stereocenters. The Morgan fingerprint density at radius 3 is 2.50 bits per heavy atom. The molecule has 0 spiro atoms. The van der Waals surface area contributed by atoms with E-state index >= 15 is 0 Å². The van der Waals surface area contributed by atoms with Crippen LogP contribution in [0.25, 0.3) is 0 Å². The topological polar surface area (TPSA) is 46.5 Å². The minimum atomic E-state index is -0.283. The largest absolute Gasteiger partial charge is 0.463 e. The summed E-state index contributed by atoms with van der Waals surface area (Å²) in [6.45, 7) is 4.13. The predicted molar refractivity (Wildman–Crippen MR) is 89.7 cm³/mol. The first kappa shape index (κ1) is 19.5. The molecule has 0 aromatic heterocycles. The van der Waals surface area contributed by atoms with E-state index < -0.39 is 0 Å². The van der Waals surface area contributed by atoms with Crippen molar-refractivity contribution < 1.29 is 14.6 Å². The molecule has 3 heteroatoms. The lowest BCUT2D eigenvalue weighted by molar-refractivity contribution is -0.137. The van der Waals surface area contributed by atoms with Gasteiger partial charge < -0.3 is 9.84 Å². The zero-order valence-electron chi connectivity index (χ0n) is 13.1. The second kappa shape index (κ2) is 14.9. The van der Waals surface area contributed by atoms with Gasteiger partial charge in [0.1, 0.15) is 0 Å². The summed E-state index contributed by atoms with van der Waals surface area (Å²) in [5.41, 5.74) is 0.935. The Morgan fingerprint density at radius 2 is 1.82 bits per heavy atom. The van der Waals surface area contributed by atoms with Crippen molar-refractivity contribution in [2.24, 2.45) is 0 Å². The minimum absolute atomic E-state index is 0.0129. The molecule has 0 aliphatic rings. The Labute approximate surface area is 133 Å². The summed E-state index contributed by atoms with van der Waals surface area (Å²) >= 11 is 0. The average Bonchev–Trinajstić information content (AvgIpc) is 2.47. The van der Waals surface area contributed by atoms with Crippen LogP contribution < -0.4 is 0 Å². The SMILES string of the molecule is CC(C)=CC(=O)OCCC/C=C/C=C\C#CC#C/C=C/CO. The molecule has 0 fully saturated rings. The summed E-state index contributed by atoms with van der Waals surface area (Å²) in [5, 5.41) is 8.47. The van der Waals surface area contributed by atoms with Gasteiger partial charge in [0.05, 0.1) is 13.2 Å². The van der Waals surface area contributed by atoms with Crippen molar-refractivity contribution in [3.8, 4) is 23.7 Å². The van der Waals surface area contributed by atoms with Crippen LogP contribution in [-0.2, 0) is 9.53 Å². The molecule has 22 heavy (non-hydrogen) atoms. The lowest BCUT2D eigenvalue weighted by Gasteiger charge is -1.99. The van der Waals surface area contributed by atoms with Crippen molar-refractivity contribution in [3.63, 3.8) is 0 Å². The number of carbonyl (C=O) groups is 1. The predicted octanol–water partition coefficient (Wildman–Crippen LogP) is 2.94. The van der Waals surface area contributed by atoms with E-state index in [0.717, 1.165) is 18.4 Å². The van der Waals surface area contributed by atoms with E-state index in [1.54, 1.807) is 18.2 Å². The number of rotatable bonds is 7. The summed E-state index contributed by atoms with van der Waals surface area (Å²) in [7, 11) is 0. The standard InChI is InChI=1S/C19H22O3/c1-18(2)17-19(21)22-16-14-12-10-8-6-4-3-5-7-9-11-13-15-20/h4,6,8,10-11,13,17,20H,12,14-16H2,1-2H3/b6-4-,10-8+,13-11+. The smallest absolute Gasteiger partial charge is 0.330 e. The third-order valence-corrected chi connectivity index (χ3v) is 2.11. The highest BCUT2D eigenvalue weighted by atomic mass is 16.5. The van der Waals surface area contributed by atoms with Crippen LogP contribution in [0.5, 0.6) is 0 Å². The molecule has 0 saturated carbocycles. The number of esters is 1. The van der Waals surface area contributed by atoms with Gasteiger partial charge in [0.2, 0.25) is 0 Å². The molecule has 0 amide bonds. The number of carbonyl (C=O) groups excluding carboxylic acids is 1. The summed E-state index contributed by atoms with van der Waals surface area (Å²) in [5.74, 6) is 10.4. The molecule has 0 aromatic rings. The van der Waals surface area contributed by atoms with Crippen LogP contribution >= 0.6 is 0 Å². The van der Waals surface area contributed by atoms with Crippen LogP contribution in [0.2, 0.25) is 0 Å². The van der Waals surface area contributed by atoms with Crippen LogP contribution in [-0.4, -0.2) is 24.3 Å². The zero-order valence-corrected chi connectivity index (χ0v) is 13.1. The summed E-state index contributed by atoms with van der Waals surface area (Å²) in [6.07, 6.45) is 13.6. The van der Waals surface area contributed by atoms with E-state index in [9.17, 15) is 4.79 Å². The fraction of sp³-hybridized carbons (Fsp3) is 0.316. The van der Waals surface area contributed by atoms with Gasteiger partial charge in [-0.05, 0) is 50.7 Å². The van der Waals surface area contributed by atoms with Gasteiger partial charge in [0, 0.05) is 6.08 Å². The van der Waals surface area contributed by atoms with E-state index in [-0.39, 0.29) is 12.6 Å². The first-order valence-electron chi connectivity index (χ1n) is 7.07. The van der Waals surface area contributed by atoms with Crippen LogP contribution in [0.4, 0.5) is 0 Å². The fourth-order valence-electron chi connectivity index (χ4n) is 1.20. The molecular weight excluding hydrogens is 276 g/mol. The molecule has 0 unspecified atom stereocenters. The second-order valence-electron chi connectivity index (χ2n) is 4.44. The molecule has 3 nitrogen and oxygen atoms in total. The molecule has 0 radical (unpaired) electrons. The van der Waals surface area contributed by atoms with E-state index in [1.165, 1.54) is 6.08 Å². The zero-order chi connectivity index (χ0) is 16.5. The van der Waals surface area contributed by atoms with Crippen molar-refractivity contribution in [1.29, 1.82) is 0 Å². The van der Waals surface area contributed by atoms with Crippen LogP contribution in [0.1, 0.15) is 26.7 Å². The minimum Gasteiger partial charge on any atom is -0.463 e. The highest BCUT2D eigenvalue weighted by Gasteiger charge is 1.95. The van der Waals surface area contributed by atoms with E-state index in [4.69, 9.17) is 9.84 Å². The Hall–Kier alpha value is -2.49. The van der Waals surface area contributed by atoms with E-state index in [1.807, 2.05) is 32.1 Å². The molecule has 0 aromatic carbocycles. The molecule has 0 bridgehead atoms. The monoisotopic (exact) mass is 298 g/mol. The van der Waals surface area contributed by atoms with Crippen molar-refractivity contribution in [3.05, 3.63) is 48.1 Å². The number of aliphatic hydroxyl groups is 1. The van der Waals surface area contributed by atoms with Crippen molar-refractivity contribution in [2.75, 3.05) is 13.2 Å². The van der Waals surface area contributed by atoms with E-state index in [0.29, 0.717) is 6.61 Å². The van der Waals surface area contributed by atoms with Gasteiger partial charge in [-0.25, -0.2) is 4.79 Å². The Bertz CT molecular complexity index is 551. The molecule has 0 aliphatic carbocycles. The summed E-state index contributed by atoms with van der Waals surface area (Å²) < 4.78 is 5.03. The number of allylic oxidation sites excluding steroid dienone is 6. The molecule has 0 aliphatic heterocycles. The molecule has 0 rings (SSSR count). The van der Waals surface area contributed by atoms with Gasteiger partial charge in [-0.3, -0.25) is 0 Å². The van der Waals surface area contributed by atoms with Crippen LogP contribution in [0.15, 0.2) is 48.1 Å². The molecule has 1 N–H and O–H groups in total. The Balaban J connectivity index is 3.74. The summed E-state index contributed by atoms with van der Waals surface area (Å²) in [6, 6.07) is 0. The maximum Gasteiger partial charge on any atom is 0.330 e. The third-order valence-electron chi connectivity index (χ3n) is 2.11. The van der Waals surface area contributed by atoms with Gasteiger partial charge in [0.15, 0.2) is 0 Å². The molecule has 116 valence electrons. The Kier molecular flexibility index (Phi) is 13.2. The van der Waals surface area contributed by atoms with Crippen LogP contribution in [0.3, 0.4) is 0 Å².